The maximum absolute atomic E-state index is 6.01. The molecule has 0 N–H and O–H groups in total. The van der Waals surface area contributed by atoms with Crippen molar-refractivity contribution in [3.63, 3.8) is 0 Å². The van der Waals surface area contributed by atoms with Gasteiger partial charge in [0, 0.05) is 64.4 Å². The summed E-state index contributed by atoms with van der Waals surface area (Å²) in [4.78, 5) is 31.3. The highest BCUT2D eigenvalue weighted by Crippen LogP contribution is 2.37. The minimum absolute atomic E-state index is 0.597. The van der Waals surface area contributed by atoms with E-state index in [1.807, 2.05) is 67.7 Å². The first kappa shape index (κ1) is 36.5. The lowest BCUT2D eigenvalue weighted by atomic mass is 10.1. The smallest absolute Gasteiger partial charge is 0.158 e. The second-order valence-corrected chi connectivity index (χ2v) is 14.7. The molecule has 2 fully saturated rings. The normalized spacial score (nSPS) is 13.6. The Morgan fingerprint density at radius 3 is 1.71 bits per heavy atom. The molecule has 0 aromatic carbocycles. The molecule has 0 spiro atoms. The zero-order chi connectivity index (χ0) is 38.2. The van der Waals surface area contributed by atoms with Gasteiger partial charge in [-0.2, -0.15) is 20.4 Å². The second kappa shape index (κ2) is 15.3. The van der Waals surface area contributed by atoms with Crippen LogP contribution in [0.15, 0.2) is 72.5 Å². The third-order valence-electron chi connectivity index (χ3n) is 9.30. The Morgan fingerprint density at radius 2 is 1.22 bits per heavy atom. The lowest BCUT2D eigenvalue weighted by Gasteiger charge is -2.32. The van der Waals surface area contributed by atoms with E-state index in [1.54, 1.807) is 46.5 Å². The molecule has 19 heteroatoms. The summed E-state index contributed by atoms with van der Waals surface area (Å²) in [5.41, 5.74) is 7.15. The lowest BCUT2D eigenvalue weighted by Crippen LogP contribution is -2.38. The topological polar surface area (TPSA) is 154 Å². The summed E-state index contributed by atoms with van der Waals surface area (Å²) >= 11 is 14.7. The number of aryl methyl sites for hydroxylation is 4. The molecular weight excluding hydrogens is 807 g/mol. The summed E-state index contributed by atoms with van der Waals surface area (Å²) in [6, 6.07) is 7.29. The van der Waals surface area contributed by atoms with Gasteiger partial charge in [0.1, 0.15) is 51.3 Å². The minimum Gasteiger partial charge on any atom is -0.355 e. The highest BCUT2D eigenvalue weighted by molar-refractivity contribution is 9.10. The van der Waals surface area contributed by atoms with Gasteiger partial charge in [0.15, 0.2) is 11.6 Å². The molecule has 0 radical (unpaired) electrons. The van der Waals surface area contributed by atoms with Gasteiger partial charge >= 0.3 is 0 Å². The molecule has 8 aromatic rings. The minimum atomic E-state index is 0.597. The van der Waals surface area contributed by atoms with E-state index < -0.39 is 0 Å². The van der Waals surface area contributed by atoms with Gasteiger partial charge in [-0.3, -0.25) is 14.3 Å². The third-order valence-corrected chi connectivity index (χ3v) is 10.2. The van der Waals surface area contributed by atoms with Crippen LogP contribution in [0.4, 0.5) is 11.6 Å². The summed E-state index contributed by atoms with van der Waals surface area (Å²) < 4.78 is 8.11. The van der Waals surface area contributed by atoms with E-state index in [-0.39, 0.29) is 0 Å². The average molecular weight is 843 g/mol. The van der Waals surface area contributed by atoms with E-state index in [4.69, 9.17) is 28.2 Å². The fourth-order valence-electron chi connectivity index (χ4n) is 6.36. The van der Waals surface area contributed by atoms with Gasteiger partial charge in [-0.15, -0.1) is 0 Å². The van der Waals surface area contributed by atoms with Crippen LogP contribution in [-0.2, 0) is 14.1 Å². The Balaban J connectivity index is 0.000000133. The Morgan fingerprint density at radius 1 is 0.636 bits per heavy atom. The summed E-state index contributed by atoms with van der Waals surface area (Å²) in [7, 11) is 3.80. The molecular formula is C36H35BrCl2N16. The van der Waals surface area contributed by atoms with E-state index in [2.05, 4.69) is 71.0 Å². The van der Waals surface area contributed by atoms with Crippen molar-refractivity contribution in [2.45, 2.75) is 26.7 Å². The lowest BCUT2D eigenvalue weighted by molar-refractivity contribution is 0.608. The van der Waals surface area contributed by atoms with Crippen molar-refractivity contribution in [3.05, 3.63) is 94.2 Å². The second-order valence-electron chi connectivity index (χ2n) is 13.0. The van der Waals surface area contributed by atoms with Crippen LogP contribution in [0.5, 0.6) is 0 Å². The number of fused-ring (bicyclic) bond motifs is 2. The van der Waals surface area contributed by atoms with Crippen LogP contribution in [0.25, 0.3) is 44.9 Å². The van der Waals surface area contributed by atoms with Crippen LogP contribution in [0.1, 0.15) is 24.5 Å². The van der Waals surface area contributed by atoms with Gasteiger partial charge < -0.3 is 9.80 Å². The first-order valence-corrected chi connectivity index (χ1v) is 19.0. The van der Waals surface area contributed by atoms with Crippen molar-refractivity contribution >= 4 is 61.8 Å². The molecule has 16 nitrogen and oxygen atoms in total. The van der Waals surface area contributed by atoms with Crippen LogP contribution in [-0.4, -0.2) is 94.9 Å². The van der Waals surface area contributed by atoms with E-state index >= 15 is 0 Å². The molecule has 10 heterocycles. The highest BCUT2D eigenvalue weighted by atomic mass is 79.9. The zero-order valence-electron chi connectivity index (χ0n) is 30.4. The van der Waals surface area contributed by atoms with Crippen LogP contribution in [0.2, 0.25) is 10.0 Å². The standard InChI is InChI=1S/C18H17ClN8.C13H15N7.C5H3BrClN/c1-11-24-15(17-18(26-6-3-7-26)21-10-23-27(11)17)13-9-22-25(2)16(13)14-5-4-12(19)8-20-14;1-9-17-11(10-6-15-18(2)7-10)12-13(19-4-3-5-19)14-8-16-20(9)12;6-5-2-1-4(7)3-8-5/h4-5,8-10H,3,6-7H2,1-2H3;6-8H,3-5H2,1-2H3;1-3H. The van der Waals surface area contributed by atoms with Crippen molar-refractivity contribution in [3.8, 4) is 33.9 Å². The summed E-state index contributed by atoms with van der Waals surface area (Å²) in [6.45, 7) is 7.98. The Kier molecular flexibility index (Phi) is 10.2. The number of imidazole rings is 2. The van der Waals surface area contributed by atoms with Gasteiger partial charge in [-0.05, 0) is 66.9 Å². The number of aromatic nitrogens is 14. The SMILES string of the molecule is Cc1nc(-c2cnn(C)c2)c2c(N3CCC3)ncnn12.Cc1nc(-c2cnn(C)c2-c2ccc(Cl)cn2)c2c(N3CCC3)ncnn12.Clc1ccc(Br)nc1. The number of hydrogen-bond acceptors (Lipinski definition) is 12. The van der Waals surface area contributed by atoms with E-state index in [9.17, 15) is 0 Å². The monoisotopic (exact) mass is 840 g/mol. The van der Waals surface area contributed by atoms with Gasteiger partial charge in [-0.1, -0.05) is 23.2 Å². The predicted molar refractivity (Wildman–Crippen MR) is 214 cm³/mol. The fraction of sp³-hybridized carbons (Fsp3) is 0.278. The van der Waals surface area contributed by atoms with E-state index in [0.29, 0.717) is 10.0 Å². The molecule has 0 amide bonds. The first-order valence-electron chi connectivity index (χ1n) is 17.5. The number of pyridine rings is 2. The van der Waals surface area contributed by atoms with Crippen molar-refractivity contribution in [1.82, 2.24) is 68.7 Å². The van der Waals surface area contributed by atoms with E-state index in [1.165, 1.54) is 12.8 Å². The van der Waals surface area contributed by atoms with E-state index in [0.717, 1.165) is 99.0 Å². The van der Waals surface area contributed by atoms with Crippen LogP contribution in [0.3, 0.4) is 0 Å². The average Bonchev–Trinajstić information content (AvgIpc) is 3.91. The molecule has 2 aliphatic rings. The number of nitrogens with zero attached hydrogens (tertiary/aromatic N) is 16. The maximum Gasteiger partial charge on any atom is 0.158 e. The Hall–Kier alpha value is -5.52. The van der Waals surface area contributed by atoms with Crippen LogP contribution < -0.4 is 9.80 Å². The summed E-state index contributed by atoms with van der Waals surface area (Å²) in [5, 5.41) is 18.7. The van der Waals surface area contributed by atoms with Gasteiger partial charge in [0.25, 0.3) is 0 Å². The molecule has 0 aliphatic carbocycles. The quantitative estimate of drug-likeness (QED) is 0.179. The van der Waals surface area contributed by atoms with Crippen LogP contribution in [0, 0.1) is 13.8 Å². The van der Waals surface area contributed by atoms with Crippen molar-refractivity contribution in [2.24, 2.45) is 14.1 Å². The number of rotatable bonds is 5. The molecule has 0 atom stereocenters. The predicted octanol–water partition coefficient (Wildman–Crippen LogP) is 6.30. The van der Waals surface area contributed by atoms with Crippen molar-refractivity contribution in [2.75, 3.05) is 36.0 Å². The molecule has 0 saturated carbocycles. The molecule has 2 saturated heterocycles. The first-order chi connectivity index (χ1) is 26.7. The largest absolute Gasteiger partial charge is 0.355 e. The Labute approximate surface area is 334 Å². The summed E-state index contributed by atoms with van der Waals surface area (Å²) in [6.07, 6.45) is 14.4. The van der Waals surface area contributed by atoms with Crippen molar-refractivity contribution < 1.29 is 0 Å². The fourth-order valence-corrected chi connectivity index (χ4v) is 6.82. The molecule has 55 heavy (non-hydrogen) atoms. The molecule has 10 rings (SSSR count). The van der Waals surface area contributed by atoms with Crippen LogP contribution >= 0.6 is 39.1 Å². The maximum atomic E-state index is 6.01. The number of anilines is 2. The van der Waals surface area contributed by atoms with Gasteiger partial charge in [0.2, 0.25) is 0 Å². The number of hydrogen-bond donors (Lipinski definition) is 0. The Bertz CT molecular complexity index is 2580. The molecule has 0 unspecified atom stereocenters. The molecule has 0 bridgehead atoms. The number of halogens is 3. The molecule has 280 valence electrons. The third kappa shape index (κ3) is 7.22. The molecule has 2 aliphatic heterocycles. The highest BCUT2D eigenvalue weighted by Gasteiger charge is 2.27. The van der Waals surface area contributed by atoms with Gasteiger partial charge in [-0.25, -0.2) is 34.0 Å². The molecule has 8 aromatic heterocycles. The zero-order valence-corrected chi connectivity index (χ0v) is 33.5. The van der Waals surface area contributed by atoms with Crippen molar-refractivity contribution in [1.29, 1.82) is 0 Å². The summed E-state index contributed by atoms with van der Waals surface area (Å²) in [5.74, 6) is 3.54. The van der Waals surface area contributed by atoms with Gasteiger partial charge in [0.05, 0.1) is 39.4 Å².